The van der Waals surface area contributed by atoms with E-state index in [2.05, 4.69) is 10.6 Å². The summed E-state index contributed by atoms with van der Waals surface area (Å²) in [6.45, 7) is 2.94. The van der Waals surface area contributed by atoms with Gasteiger partial charge in [-0.25, -0.2) is 8.78 Å². The van der Waals surface area contributed by atoms with E-state index in [0.29, 0.717) is 17.9 Å². The van der Waals surface area contributed by atoms with Crippen molar-refractivity contribution in [2.75, 3.05) is 13.1 Å². The first kappa shape index (κ1) is 17.9. The van der Waals surface area contributed by atoms with Gasteiger partial charge in [-0.05, 0) is 37.8 Å². The number of benzene rings is 1. The van der Waals surface area contributed by atoms with Crippen LogP contribution in [0.2, 0.25) is 0 Å². The van der Waals surface area contributed by atoms with Gasteiger partial charge in [0.25, 0.3) is 0 Å². The third kappa shape index (κ3) is 5.59. The summed E-state index contributed by atoms with van der Waals surface area (Å²) in [6.07, 6.45) is 3.01. The van der Waals surface area contributed by atoms with Gasteiger partial charge < -0.3 is 10.6 Å². The molecule has 118 valence electrons. The molecule has 6 heteroatoms. The third-order valence-electron chi connectivity index (χ3n) is 3.50. The molecule has 3 nitrogen and oxygen atoms in total. The van der Waals surface area contributed by atoms with Crippen molar-refractivity contribution in [3.8, 4) is 0 Å². The lowest BCUT2D eigenvalue weighted by Crippen LogP contribution is -2.37. The van der Waals surface area contributed by atoms with Crippen LogP contribution in [-0.2, 0) is 4.79 Å². The van der Waals surface area contributed by atoms with E-state index in [1.54, 1.807) is 0 Å². The first-order chi connectivity index (χ1) is 9.60. The second-order valence-corrected chi connectivity index (χ2v) is 5.27. The molecule has 0 aliphatic heterocycles. The van der Waals surface area contributed by atoms with Gasteiger partial charge in [0, 0.05) is 11.6 Å². The number of carbonyl (C=O) groups is 1. The summed E-state index contributed by atoms with van der Waals surface area (Å²) in [5.74, 6) is -0.692. The van der Waals surface area contributed by atoms with E-state index in [4.69, 9.17) is 0 Å². The molecule has 1 fully saturated rings. The van der Waals surface area contributed by atoms with Gasteiger partial charge in [-0.15, -0.1) is 12.4 Å². The number of hydrogen-bond acceptors (Lipinski definition) is 2. The predicted octanol–water partition coefficient (Wildman–Crippen LogP) is 2.95. The van der Waals surface area contributed by atoms with Crippen molar-refractivity contribution in [1.29, 1.82) is 0 Å². The standard InChI is InChI=1S/C15H20F2N2O.ClH/c1-2-14(12-6-5-11(16)7-13(12)17)19-15(20)9-18-8-10-3-4-10;/h5-7,10,14,18H,2-4,8-9H2,1H3,(H,19,20);1H. The molecule has 0 heterocycles. The van der Waals surface area contributed by atoms with Crippen molar-refractivity contribution in [3.63, 3.8) is 0 Å². The highest BCUT2D eigenvalue weighted by molar-refractivity contribution is 5.85. The van der Waals surface area contributed by atoms with Crippen LogP contribution in [0.25, 0.3) is 0 Å². The van der Waals surface area contributed by atoms with Crippen LogP contribution in [0.3, 0.4) is 0 Å². The second kappa shape index (κ2) is 8.29. The van der Waals surface area contributed by atoms with E-state index < -0.39 is 17.7 Å². The van der Waals surface area contributed by atoms with Gasteiger partial charge in [-0.2, -0.15) is 0 Å². The number of nitrogens with one attached hydrogen (secondary N) is 2. The summed E-state index contributed by atoms with van der Waals surface area (Å²) in [5.41, 5.74) is 0.324. The zero-order valence-electron chi connectivity index (χ0n) is 12.0. The van der Waals surface area contributed by atoms with Gasteiger partial charge in [0.1, 0.15) is 11.6 Å². The monoisotopic (exact) mass is 318 g/mol. The summed E-state index contributed by atoms with van der Waals surface area (Å²) in [7, 11) is 0. The number of hydrogen-bond donors (Lipinski definition) is 2. The number of rotatable bonds is 7. The van der Waals surface area contributed by atoms with E-state index in [9.17, 15) is 13.6 Å². The Labute approximate surface area is 129 Å². The molecule has 0 saturated heterocycles. The molecule has 1 aromatic rings. The third-order valence-corrected chi connectivity index (χ3v) is 3.50. The number of amides is 1. The summed E-state index contributed by atoms with van der Waals surface area (Å²) in [5, 5.41) is 5.86. The van der Waals surface area contributed by atoms with Crippen LogP contribution in [0.5, 0.6) is 0 Å². The molecule has 1 amide bonds. The molecule has 2 N–H and O–H groups in total. The lowest BCUT2D eigenvalue weighted by atomic mass is 10.0. The van der Waals surface area contributed by atoms with Crippen LogP contribution in [0.15, 0.2) is 18.2 Å². The predicted molar refractivity (Wildman–Crippen MR) is 80.4 cm³/mol. The fourth-order valence-electron chi connectivity index (χ4n) is 2.14. The quantitative estimate of drug-likeness (QED) is 0.811. The highest BCUT2D eigenvalue weighted by Gasteiger charge is 2.21. The maximum absolute atomic E-state index is 13.7. The molecule has 0 spiro atoms. The average molecular weight is 319 g/mol. The van der Waals surface area contributed by atoms with Gasteiger partial charge in [-0.3, -0.25) is 4.79 Å². The molecule has 0 aromatic heterocycles. The Morgan fingerprint density at radius 2 is 2.10 bits per heavy atom. The van der Waals surface area contributed by atoms with E-state index in [-0.39, 0.29) is 24.9 Å². The molecule has 1 atom stereocenters. The Morgan fingerprint density at radius 3 is 2.67 bits per heavy atom. The molecule has 2 rings (SSSR count). The van der Waals surface area contributed by atoms with E-state index in [1.807, 2.05) is 6.92 Å². The number of halogens is 3. The van der Waals surface area contributed by atoms with Gasteiger partial charge in [0.2, 0.25) is 5.91 Å². The molecule has 0 radical (unpaired) electrons. The smallest absolute Gasteiger partial charge is 0.234 e. The SMILES string of the molecule is CCC(NC(=O)CNCC1CC1)c1ccc(F)cc1F.Cl. The molecule has 21 heavy (non-hydrogen) atoms. The van der Waals surface area contributed by atoms with E-state index >= 15 is 0 Å². The lowest BCUT2D eigenvalue weighted by molar-refractivity contribution is -0.121. The van der Waals surface area contributed by atoms with Crippen molar-refractivity contribution < 1.29 is 13.6 Å². The molecule has 1 aliphatic rings. The van der Waals surface area contributed by atoms with Crippen LogP contribution in [0.1, 0.15) is 37.8 Å². The zero-order valence-corrected chi connectivity index (χ0v) is 12.8. The minimum atomic E-state index is -0.622. The zero-order chi connectivity index (χ0) is 14.5. The molecule has 1 unspecified atom stereocenters. The van der Waals surface area contributed by atoms with Crippen LogP contribution in [0.4, 0.5) is 8.78 Å². The van der Waals surface area contributed by atoms with E-state index in [1.165, 1.54) is 25.0 Å². The topological polar surface area (TPSA) is 41.1 Å². The molecule has 0 bridgehead atoms. The van der Waals surface area contributed by atoms with Crippen LogP contribution in [-0.4, -0.2) is 19.0 Å². The Bertz CT molecular complexity index is 481. The summed E-state index contributed by atoms with van der Waals surface area (Å²) in [4.78, 5) is 11.8. The van der Waals surface area contributed by atoms with E-state index in [0.717, 1.165) is 12.6 Å². The van der Waals surface area contributed by atoms with Crippen LogP contribution in [0, 0.1) is 17.6 Å². The summed E-state index contributed by atoms with van der Waals surface area (Å²) in [6, 6.07) is 3.01. The van der Waals surface area contributed by atoms with Gasteiger partial charge >= 0.3 is 0 Å². The maximum atomic E-state index is 13.7. The van der Waals surface area contributed by atoms with Crippen LogP contribution >= 0.6 is 12.4 Å². The highest BCUT2D eigenvalue weighted by atomic mass is 35.5. The van der Waals surface area contributed by atoms with Crippen molar-refractivity contribution in [2.45, 2.75) is 32.2 Å². The van der Waals surface area contributed by atoms with Crippen molar-refractivity contribution in [1.82, 2.24) is 10.6 Å². The Hall–Kier alpha value is -1.20. The first-order valence-corrected chi connectivity index (χ1v) is 7.05. The van der Waals surface area contributed by atoms with Gasteiger partial charge in [-0.1, -0.05) is 13.0 Å². The largest absolute Gasteiger partial charge is 0.348 e. The van der Waals surface area contributed by atoms with Crippen molar-refractivity contribution in [2.24, 2.45) is 5.92 Å². The summed E-state index contributed by atoms with van der Waals surface area (Å²) < 4.78 is 26.6. The normalized spacial score (nSPS) is 15.2. The minimum Gasteiger partial charge on any atom is -0.348 e. The average Bonchev–Trinajstić information content (AvgIpc) is 3.21. The summed E-state index contributed by atoms with van der Waals surface area (Å²) >= 11 is 0. The van der Waals surface area contributed by atoms with Gasteiger partial charge in [0.15, 0.2) is 0 Å². The molecular weight excluding hydrogens is 298 g/mol. The first-order valence-electron chi connectivity index (χ1n) is 7.05. The molecule has 1 aromatic carbocycles. The minimum absolute atomic E-state index is 0. The lowest BCUT2D eigenvalue weighted by Gasteiger charge is -2.18. The fraction of sp³-hybridized carbons (Fsp3) is 0.533. The van der Waals surface area contributed by atoms with Gasteiger partial charge in [0.05, 0.1) is 12.6 Å². The Balaban J connectivity index is 0.00000220. The molecule has 1 aliphatic carbocycles. The number of carbonyl (C=O) groups excluding carboxylic acids is 1. The van der Waals surface area contributed by atoms with Crippen molar-refractivity contribution >= 4 is 18.3 Å². The Morgan fingerprint density at radius 1 is 1.38 bits per heavy atom. The Kier molecular flexibility index (Phi) is 7.05. The fourth-order valence-corrected chi connectivity index (χ4v) is 2.14. The molecule has 1 saturated carbocycles. The maximum Gasteiger partial charge on any atom is 0.234 e. The van der Waals surface area contributed by atoms with Crippen molar-refractivity contribution in [3.05, 3.63) is 35.4 Å². The highest BCUT2D eigenvalue weighted by Crippen LogP contribution is 2.27. The van der Waals surface area contributed by atoms with Crippen LogP contribution < -0.4 is 10.6 Å². The molecular formula is C15H21ClF2N2O. The second-order valence-electron chi connectivity index (χ2n) is 5.27.